The number of hydrogen-bond acceptors (Lipinski definition) is 4. The van der Waals surface area contributed by atoms with Crippen LogP contribution in [-0.2, 0) is 4.79 Å². The van der Waals surface area contributed by atoms with Crippen LogP contribution in [0.4, 0.5) is 11.4 Å². The fraction of sp³-hybridized carbons (Fsp3) is 0.171. The van der Waals surface area contributed by atoms with Gasteiger partial charge in [-0.25, -0.2) is 0 Å². The number of amides is 1. The lowest BCUT2D eigenvalue weighted by Gasteiger charge is -2.28. The number of carbonyl (C=O) groups excluding carboxylic acids is 1. The van der Waals surface area contributed by atoms with Gasteiger partial charge in [-0.1, -0.05) is 36.4 Å². The van der Waals surface area contributed by atoms with E-state index in [0.717, 1.165) is 34.0 Å². The zero-order chi connectivity index (χ0) is 29.9. The van der Waals surface area contributed by atoms with Gasteiger partial charge in [-0.3, -0.25) is 9.78 Å². The first-order valence-corrected chi connectivity index (χ1v) is 14.6. The van der Waals surface area contributed by atoms with E-state index in [1.54, 1.807) is 0 Å². The SMILES string of the molecule is Cc1cccc(-n2c(C)cc([C@H]3[C@@H](c4ccccn4)NC(=S)N3c3ccc(NC(=O)COc4ccccc4)cc3)c2C)c1. The molecule has 0 aliphatic carbocycles. The Bertz CT molecular complexity index is 1750. The third-order valence-electron chi connectivity index (χ3n) is 7.69. The summed E-state index contributed by atoms with van der Waals surface area (Å²) >= 11 is 5.95. The average Bonchev–Trinajstić information content (AvgIpc) is 3.52. The fourth-order valence-electron chi connectivity index (χ4n) is 5.77. The van der Waals surface area contributed by atoms with Gasteiger partial charge in [0.05, 0.1) is 17.8 Å². The first-order valence-electron chi connectivity index (χ1n) is 14.2. The Labute approximate surface area is 257 Å². The molecule has 7 nitrogen and oxygen atoms in total. The lowest BCUT2D eigenvalue weighted by molar-refractivity contribution is -0.118. The summed E-state index contributed by atoms with van der Waals surface area (Å²) in [6.07, 6.45) is 1.81. The van der Waals surface area contributed by atoms with Crippen LogP contribution in [0.1, 0.15) is 40.3 Å². The third kappa shape index (κ3) is 5.87. The van der Waals surface area contributed by atoms with E-state index in [4.69, 9.17) is 21.9 Å². The molecule has 0 bridgehead atoms. The van der Waals surface area contributed by atoms with Gasteiger partial charge in [0, 0.05) is 34.6 Å². The zero-order valence-electron chi connectivity index (χ0n) is 24.3. The standard InChI is InChI=1S/C35H33N5O2S/c1-23-10-9-11-28(20-23)39-24(2)21-30(25(39)3)34-33(31-14-7-8-19-36-31)38-35(43)40(34)27-17-15-26(16-18-27)37-32(41)22-42-29-12-5-4-6-13-29/h4-21,33-34H,22H2,1-3H3,(H,37,41)(H,38,43)/t33-,34+/m1/s1. The summed E-state index contributed by atoms with van der Waals surface area (Å²) in [6.45, 7) is 6.34. The molecular weight excluding hydrogens is 554 g/mol. The maximum absolute atomic E-state index is 12.5. The number of aryl methyl sites for hydroxylation is 2. The van der Waals surface area contributed by atoms with Crippen molar-refractivity contribution in [2.45, 2.75) is 32.9 Å². The quantitative estimate of drug-likeness (QED) is 0.191. The molecule has 1 aliphatic heterocycles. The smallest absolute Gasteiger partial charge is 0.262 e. The van der Waals surface area contributed by atoms with Crippen LogP contribution in [0.15, 0.2) is 109 Å². The van der Waals surface area contributed by atoms with Gasteiger partial charge in [-0.15, -0.1) is 0 Å². The molecule has 1 aliphatic rings. The zero-order valence-corrected chi connectivity index (χ0v) is 25.1. The number of ether oxygens (including phenoxy) is 1. The van der Waals surface area contributed by atoms with Crippen LogP contribution in [0, 0.1) is 20.8 Å². The number of anilines is 2. The first-order chi connectivity index (χ1) is 20.9. The summed E-state index contributed by atoms with van der Waals surface area (Å²) in [5.41, 5.74) is 8.31. The minimum atomic E-state index is -0.230. The van der Waals surface area contributed by atoms with Gasteiger partial charge in [0.25, 0.3) is 5.91 Å². The number of aromatic nitrogens is 2. The average molecular weight is 588 g/mol. The summed E-state index contributed by atoms with van der Waals surface area (Å²) in [5.74, 6) is 0.421. The Morgan fingerprint density at radius 2 is 1.67 bits per heavy atom. The van der Waals surface area contributed by atoms with Gasteiger partial charge in [0.2, 0.25) is 0 Å². The van der Waals surface area contributed by atoms with Gasteiger partial charge < -0.3 is 24.8 Å². The molecule has 2 atom stereocenters. The predicted molar refractivity (Wildman–Crippen MR) is 175 cm³/mol. The Hall–Kier alpha value is -4.95. The van der Waals surface area contributed by atoms with Crippen LogP contribution in [-0.4, -0.2) is 27.2 Å². The van der Waals surface area contributed by atoms with Gasteiger partial charge in [0.1, 0.15) is 5.75 Å². The molecule has 1 amide bonds. The molecule has 6 rings (SSSR count). The topological polar surface area (TPSA) is 71.4 Å². The highest BCUT2D eigenvalue weighted by atomic mass is 32.1. The van der Waals surface area contributed by atoms with Crippen LogP contribution in [0.5, 0.6) is 5.75 Å². The second kappa shape index (κ2) is 12.1. The van der Waals surface area contributed by atoms with E-state index in [9.17, 15) is 4.79 Å². The summed E-state index contributed by atoms with van der Waals surface area (Å²) in [7, 11) is 0. The second-order valence-electron chi connectivity index (χ2n) is 10.7. The molecule has 0 unspecified atom stereocenters. The summed E-state index contributed by atoms with van der Waals surface area (Å²) in [6, 6.07) is 33.5. The van der Waals surface area contributed by atoms with Crippen molar-refractivity contribution in [3.8, 4) is 11.4 Å². The molecule has 0 spiro atoms. The highest BCUT2D eigenvalue weighted by Crippen LogP contribution is 2.44. The molecule has 2 N–H and O–H groups in total. The maximum Gasteiger partial charge on any atom is 0.262 e. The molecule has 0 saturated carbocycles. The highest BCUT2D eigenvalue weighted by Gasteiger charge is 2.42. The van der Waals surface area contributed by atoms with Crippen LogP contribution in [0.25, 0.3) is 5.69 Å². The summed E-state index contributed by atoms with van der Waals surface area (Å²) < 4.78 is 7.88. The van der Waals surface area contributed by atoms with Crippen LogP contribution >= 0.6 is 12.2 Å². The van der Waals surface area contributed by atoms with Crippen molar-refractivity contribution in [3.05, 3.63) is 138 Å². The molecule has 0 radical (unpaired) electrons. The Kier molecular flexibility index (Phi) is 7.94. The monoisotopic (exact) mass is 587 g/mol. The molecule has 5 aromatic rings. The van der Waals surface area contributed by atoms with Crippen LogP contribution in [0.3, 0.4) is 0 Å². The van der Waals surface area contributed by atoms with Crippen molar-refractivity contribution >= 4 is 34.6 Å². The number of thiocarbonyl (C=S) groups is 1. The lowest BCUT2D eigenvalue weighted by atomic mass is 9.96. The van der Waals surface area contributed by atoms with Gasteiger partial charge in [0.15, 0.2) is 11.7 Å². The lowest BCUT2D eigenvalue weighted by Crippen LogP contribution is -2.29. The molecule has 2 aromatic heterocycles. The van der Waals surface area contributed by atoms with E-state index in [0.29, 0.717) is 16.5 Å². The molecule has 8 heteroatoms. The molecule has 216 valence electrons. The van der Waals surface area contributed by atoms with Crippen molar-refractivity contribution in [1.82, 2.24) is 14.9 Å². The number of rotatable bonds is 8. The number of hydrogen-bond donors (Lipinski definition) is 2. The Balaban J connectivity index is 1.31. The maximum atomic E-state index is 12.5. The molecule has 1 saturated heterocycles. The Morgan fingerprint density at radius 1 is 0.907 bits per heavy atom. The number of carbonyl (C=O) groups is 1. The van der Waals surface area contributed by atoms with Crippen molar-refractivity contribution < 1.29 is 9.53 Å². The molecule has 43 heavy (non-hydrogen) atoms. The Morgan fingerprint density at radius 3 is 2.40 bits per heavy atom. The van der Waals surface area contributed by atoms with E-state index in [2.05, 4.69) is 71.2 Å². The molecule has 3 aromatic carbocycles. The van der Waals surface area contributed by atoms with Gasteiger partial charge in [-0.05, 0) is 111 Å². The van der Waals surface area contributed by atoms with E-state index in [1.165, 1.54) is 5.56 Å². The van der Waals surface area contributed by atoms with Crippen molar-refractivity contribution in [2.24, 2.45) is 0 Å². The van der Waals surface area contributed by atoms with E-state index in [1.807, 2.05) is 79.0 Å². The van der Waals surface area contributed by atoms with Crippen LogP contribution < -0.4 is 20.3 Å². The number of nitrogens with one attached hydrogen (secondary N) is 2. The number of nitrogens with zero attached hydrogens (tertiary/aromatic N) is 3. The first kappa shape index (κ1) is 28.2. The normalized spacial score (nSPS) is 16.2. The van der Waals surface area contributed by atoms with Crippen molar-refractivity contribution in [3.63, 3.8) is 0 Å². The largest absolute Gasteiger partial charge is 0.484 e. The van der Waals surface area contributed by atoms with E-state index in [-0.39, 0.29) is 24.6 Å². The molecular formula is C35H33N5O2S. The van der Waals surface area contributed by atoms with E-state index >= 15 is 0 Å². The van der Waals surface area contributed by atoms with Crippen molar-refractivity contribution in [1.29, 1.82) is 0 Å². The van der Waals surface area contributed by atoms with Crippen LogP contribution in [0.2, 0.25) is 0 Å². The summed E-state index contributed by atoms with van der Waals surface area (Å²) in [5, 5.41) is 7.09. The van der Waals surface area contributed by atoms with Crippen molar-refractivity contribution in [2.75, 3.05) is 16.8 Å². The highest BCUT2D eigenvalue weighted by molar-refractivity contribution is 7.80. The number of pyridine rings is 1. The third-order valence-corrected chi connectivity index (χ3v) is 8.00. The van der Waals surface area contributed by atoms with Gasteiger partial charge >= 0.3 is 0 Å². The predicted octanol–water partition coefficient (Wildman–Crippen LogP) is 6.99. The second-order valence-corrected chi connectivity index (χ2v) is 11.1. The van der Waals surface area contributed by atoms with Gasteiger partial charge in [-0.2, -0.15) is 0 Å². The van der Waals surface area contributed by atoms with E-state index < -0.39 is 0 Å². The minimum absolute atomic E-state index is 0.0731. The molecule has 1 fully saturated rings. The molecule has 3 heterocycles. The summed E-state index contributed by atoms with van der Waals surface area (Å²) in [4.78, 5) is 19.4. The number of para-hydroxylation sites is 1. The fourth-order valence-corrected chi connectivity index (χ4v) is 6.11. The minimum Gasteiger partial charge on any atom is -0.484 e. The number of benzene rings is 3.